The van der Waals surface area contributed by atoms with Crippen LogP contribution in [0.5, 0.6) is 0 Å². The second-order valence-corrected chi connectivity index (χ2v) is 4.73. The van der Waals surface area contributed by atoms with Crippen LogP contribution in [-0.2, 0) is 0 Å². The molecule has 0 atom stereocenters. The number of imidazole rings is 1. The molecule has 0 aromatic carbocycles. The minimum atomic E-state index is 0.725. The minimum Gasteiger partial charge on any atom is -0.307 e. The Morgan fingerprint density at radius 3 is 2.88 bits per heavy atom. The van der Waals surface area contributed by atoms with E-state index in [0.717, 1.165) is 11.6 Å². The van der Waals surface area contributed by atoms with E-state index >= 15 is 0 Å². The molecule has 1 aliphatic heterocycles. The van der Waals surface area contributed by atoms with E-state index in [0.29, 0.717) is 0 Å². The number of aromatic nitrogens is 2. The molecule has 0 spiro atoms. The van der Waals surface area contributed by atoms with Crippen LogP contribution in [0.15, 0.2) is 30.7 Å². The van der Waals surface area contributed by atoms with Crippen LogP contribution >= 0.6 is 0 Å². The van der Waals surface area contributed by atoms with Crippen LogP contribution in [0.2, 0.25) is 0 Å². The minimum absolute atomic E-state index is 0.725. The number of piperidine rings is 1. The molecular formula is C13H17N3. The molecule has 0 saturated carbocycles. The maximum absolute atomic E-state index is 4.27. The maximum Gasteiger partial charge on any atom is 0.136 e. The van der Waals surface area contributed by atoms with Crippen molar-refractivity contribution in [2.45, 2.75) is 18.8 Å². The average Bonchev–Trinajstić information content (AvgIpc) is 2.77. The van der Waals surface area contributed by atoms with Gasteiger partial charge in [0, 0.05) is 18.6 Å². The summed E-state index contributed by atoms with van der Waals surface area (Å²) in [4.78, 5) is 6.68. The standard InChI is InChI=1S/C13H17N3/c1-15-7-4-11(5-8-15)12-2-3-13-14-6-9-16(13)10-12/h2-3,6,9-11H,4-5,7-8H2,1H3. The molecule has 16 heavy (non-hydrogen) atoms. The van der Waals surface area contributed by atoms with Crippen molar-refractivity contribution in [2.24, 2.45) is 0 Å². The van der Waals surface area contributed by atoms with Crippen LogP contribution in [0.25, 0.3) is 5.65 Å². The largest absolute Gasteiger partial charge is 0.307 e. The summed E-state index contributed by atoms with van der Waals surface area (Å²) in [5.74, 6) is 0.725. The third kappa shape index (κ3) is 1.71. The fourth-order valence-electron chi connectivity index (χ4n) is 2.52. The smallest absolute Gasteiger partial charge is 0.136 e. The lowest BCUT2D eigenvalue weighted by atomic mass is 9.91. The summed E-state index contributed by atoms with van der Waals surface area (Å²) in [6.07, 6.45) is 8.66. The maximum atomic E-state index is 4.27. The van der Waals surface area contributed by atoms with Gasteiger partial charge in [-0.05, 0) is 50.5 Å². The molecule has 0 N–H and O–H groups in total. The Morgan fingerprint density at radius 2 is 2.06 bits per heavy atom. The molecule has 3 nitrogen and oxygen atoms in total. The lowest BCUT2D eigenvalue weighted by molar-refractivity contribution is 0.255. The first-order valence-electron chi connectivity index (χ1n) is 5.94. The van der Waals surface area contributed by atoms with E-state index in [4.69, 9.17) is 0 Å². The average molecular weight is 215 g/mol. The fraction of sp³-hybridized carbons (Fsp3) is 0.462. The van der Waals surface area contributed by atoms with E-state index < -0.39 is 0 Å². The highest BCUT2D eigenvalue weighted by Gasteiger charge is 2.18. The van der Waals surface area contributed by atoms with E-state index in [-0.39, 0.29) is 0 Å². The van der Waals surface area contributed by atoms with Crippen molar-refractivity contribution in [3.8, 4) is 0 Å². The molecule has 0 bridgehead atoms. The Hall–Kier alpha value is -1.35. The van der Waals surface area contributed by atoms with E-state index in [1.807, 2.05) is 12.4 Å². The highest BCUT2D eigenvalue weighted by atomic mass is 15.1. The Bertz CT molecular complexity index is 481. The molecule has 3 heterocycles. The molecule has 0 aliphatic carbocycles. The molecule has 2 aromatic rings. The van der Waals surface area contributed by atoms with E-state index in [1.165, 1.54) is 31.5 Å². The van der Waals surface area contributed by atoms with Crippen LogP contribution in [-0.4, -0.2) is 34.4 Å². The molecule has 0 unspecified atom stereocenters. The molecule has 1 saturated heterocycles. The van der Waals surface area contributed by atoms with Gasteiger partial charge in [-0.15, -0.1) is 0 Å². The normalized spacial score (nSPS) is 19.3. The number of pyridine rings is 1. The Morgan fingerprint density at radius 1 is 1.25 bits per heavy atom. The van der Waals surface area contributed by atoms with Gasteiger partial charge in [0.25, 0.3) is 0 Å². The fourth-order valence-corrected chi connectivity index (χ4v) is 2.52. The predicted octanol–water partition coefficient (Wildman–Crippen LogP) is 2.14. The van der Waals surface area contributed by atoms with Crippen molar-refractivity contribution < 1.29 is 0 Å². The summed E-state index contributed by atoms with van der Waals surface area (Å²) in [6.45, 7) is 2.43. The van der Waals surface area contributed by atoms with Gasteiger partial charge in [-0.3, -0.25) is 0 Å². The lowest BCUT2D eigenvalue weighted by Gasteiger charge is -2.29. The van der Waals surface area contributed by atoms with Crippen molar-refractivity contribution in [3.05, 3.63) is 36.3 Å². The molecule has 1 fully saturated rings. The summed E-state index contributed by atoms with van der Waals surface area (Å²) < 4.78 is 2.12. The number of likely N-dealkylation sites (tertiary alicyclic amines) is 1. The zero-order valence-corrected chi connectivity index (χ0v) is 9.63. The first-order chi connectivity index (χ1) is 7.83. The van der Waals surface area contributed by atoms with Gasteiger partial charge in [-0.1, -0.05) is 6.07 Å². The number of hydrogen-bond donors (Lipinski definition) is 0. The van der Waals surface area contributed by atoms with Crippen LogP contribution < -0.4 is 0 Å². The predicted molar refractivity (Wildman–Crippen MR) is 64.7 cm³/mol. The lowest BCUT2D eigenvalue weighted by Crippen LogP contribution is -2.29. The van der Waals surface area contributed by atoms with Gasteiger partial charge >= 0.3 is 0 Å². The second kappa shape index (κ2) is 3.91. The first kappa shape index (κ1) is 9.85. The molecular weight excluding hydrogens is 198 g/mol. The van der Waals surface area contributed by atoms with Crippen LogP contribution in [0, 0.1) is 0 Å². The monoisotopic (exact) mass is 215 g/mol. The number of hydrogen-bond acceptors (Lipinski definition) is 2. The summed E-state index contributed by atoms with van der Waals surface area (Å²) in [5.41, 5.74) is 2.50. The van der Waals surface area contributed by atoms with Gasteiger partial charge in [-0.25, -0.2) is 4.98 Å². The summed E-state index contributed by atoms with van der Waals surface area (Å²) in [5, 5.41) is 0. The van der Waals surface area contributed by atoms with Crippen LogP contribution in [0.3, 0.4) is 0 Å². The zero-order valence-electron chi connectivity index (χ0n) is 9.63. The van der Waals surface area contributed by atoms with Crippen LogP contribution in [0.4, 0.5) is 0 Å². The van der Waals surface area contributed by atoms with Gasteiger partial charge in [-0.2, -0.15) is 0 Å². The molecule has 1 aliphatic rings. The van der Waals surface area contributed by atoms with Crippen LogP contribution in [0.1, 0.15) is 24.3 Å². The third-order valence-corrected chi connectivity index (χ3v) is 3.60. The summed E-state index contributed by atoms with van der Waals surface area (Å²) in [6, 6.07) is 4.35. The zero-order chi connectivity index (χ0) is 11.0. The van der Waals surface area contributed by atoms with Gasteiger partial charge < -0.3 is 9.30 Å². The Balaban J connectivity index is 1.87. The van der Waals surface area contributed by atoms with Crippen molar-refractivity contribution in [2.75, 3.05) is 20.1 Å². The highest BCUT2D eigenvalue weighted by Crippen LogP contribution is 2.27. The molecule has 2 aromatic heterocycles. The molecule has 84 valence electrons. The van der Waals surface area contributed by atoms with Gasteiger partial charge in [0.1, 0.15) is 5.65 Å². The SMILES string of the molecule is CN1CCC(c2ccc3nccn3c2)CC1. The molecule has 3 heteroatoms. The number of nitrogens with zero attached hydrogens (tertiary/aromatic N) is 3. The second-order valence-electron chi connectivity index (χ2n) is 4.73. The quantitative estimate of drug-likeness (QED) is 0.726. The van der Waals surface area contributed by atoms with Crippen molar-refractivity contribution in [1.82, 2.24) is 14.3 Å². The summed E-state index contributed by atoms with van der Waals surface area (Å²) >= 11 is 0. The summed E-state index contributed by atoms with van der Waals surface area (Å²) in [7, 11) is 2.20. The van der Waals surface area contributed by atoms with Gasteiger partial charge in [0.2, 0.25) is 0 Å². The van der Waals surface area contributed by atoms with E-state index in [2.05, 4.69) is 39.7 Å². The van der Waals surface area contributed by atoms with Gasteiger partial charge in [0.05, 0.1) is 0 Å². The van der Waals surface area contributed by atoms with E-state index in [1.54, 1.807) is 0 Å². The van der Waals surface area contributed by atoms with Crippen molar-refractivity contribution in [3.63, 3.8) is 0 Å². The Kier molecular flexibility index (Phi) is 2.40. The molecule has 0 amide bonds. The highest BCUT2D eigenvalue weighted by molar-refractivity contribution is 5.40. The topological polar surface area (TPSA) is 20.5 Å². The van der Waals surface area contributed by atoms with Gasteiger partial charge in [0.15, 0.2) is 0 Å². The Labute approximate surface area is 95.7 Å². The number of rotatable bonds is 1. The number of fused-ring (bicyclic) bond motifs is 1. The first-order valence-corrected chi connectivity index (χ1v) is 5.94. The molecule has 0 radical (unpaired) electrons. The van der Waals surface area contributed by atoms with Crippen molar-refractivity contribution in [1.29, 1.82) is 0 Å². The third-order valence-electron chi connectivity index (χ3n) is 3.60. The van der Waals surface area contributed by atoms with Crippen molar-refractivity contribution >= 4 is 5.65 Å². The molecule has 3 rings (SSSR count). The van der Waals surface area contributed by atoms with E-state index in [9.17, 15) is 0 Å².